The Hall–Kier alpha value is -1.85. The second-order valence-electron chi connectivity index (χ2n) is 7.94. The molecule has 0 aliphatic rings. The molecule has 0 amide bonds. The summed E-state index contributed by atoms with van der Waals surface area (Å²) in [5.41, 5.74) is 3.19. The lowest BCUT2D eigenvalue weighted by Gasteiger charge is -2.14. The standard InChI is InChI=1S/C24H39N5O3.HI/c1-19(2)32-23-10-8-22(9-11-23)27-24(26-13-7-15-31-17-16-30-5)25-12-6-14-29-21(4)18-20(3)28-29;/h8-11,18-19H,6-7,12-17H2,1-5H3,(H2,25,26,27);1H. The van der Waals surface area contributed by atoms with Crippen molar-refractivity contribution >= 4 is 35.6 Å². The molecule has 0 saturated heterocycles. The van der Waals surface area contributed by atoms with E-state index in [4.69, 9.17) is 19.2 Å². The van der Waals surface area contributed by atoms with Crippen molar-refractivity contribution in [1.82, 2.24) is 15.1 Å². The Morgan fingerprint density at radius 2 is 1.85 bits per heavy atom. The van der Waals surface area contributed by atoms with Crippen LogP contribution in [0.1, 0.15) is 38.1 Å². The normalized spacial score (nSPS) is 11.4. The van der Waals surface area contributed by atoms with Crippen molar-refractivity contribution in [3.8, 4) is 5.75 Å². The molecule has 1 aromatic heterocycles. The highest BCUT2D eigenvalue weighted by Crippen LogP contribution is 2.16. The van der Waals surface area contributed by atoms with Gasteiger partial charge in [0, 0.05) is 44.7 Å². The minimum absolute atomic E-state index is 0. The average Bonchev–Trinajstić information content (AvgIpc) is 3.08. The number of halogens is 1. The zero-order valence-electron chi connectivity index (χ0n) is 20.6. The van der Waals surface area contributed by atoms with Crippen molar-refractivity contribution in [3.05, 3.63) is 41.7 Å². The van der Waals surface area contributed by atoms with Crippen LogP contribution in [-0.4, -0.2) is 61.9 Å². The molecule has 8 nitrogen and oxygen atoms in total. The van der Waals surface area contributed by atoms with E-state index >= 15 is 0 Å². The molecule has 2 rings (SSSR count). The molecule has 0 radical (unpaired) electrons. The van der Waals surface area contributed by atoms with Crippen LogP contribution in [0.25, 0.3) is 0 Å². The first-order valence-electron chi connectivity index (χ1n) is 11.4. The second kappa shape index (κ2) is 16.7. The van der Waals surface area contributed by atoms with E-state index in [1.807, 2.05) is 49.7 Å². The summed E-state index contributed by atoms with van der Waals surface area (Å²) in [7, 11) is 1.68. The molecular weight excluding hydrogens is 533 g/mol. The van der Waals surface area contributed by atoms with E-state index in [9.17, 15) is 0 Å². The van der Waals surface area contributed by atoms with Crippen LogP contribution in [0.3, 0.4) is 0 Å². The predicted molar refractivity (Wildman–Crippen MR) is 145 cm³/mol. The summed E-state index contributed by atoms with van der Waals surface area (Å²) >= 11 is 0. The topological polar surface area (TPSA) is 81.9 Å². The molecule has 9 heteroatoms. The highest BCUT2D eigenvalue weighted by molar-refractivity contribution is 14.0. The molecule has 0 fully saturated rings. The molecular formula is C24H40IN5O3. The minimum atomic E-state index is 0. The highest BCUT2D eigenvalue weighted by atomic mass is 127. The van der Waals surface area contributed by atoms with Gasteiger partial charge in [-0.15, -0.1) is 24.0 Å². The van der Waals surface area contributed by atoms with Crippen molar-refractivity contribution in [1.29, 1.82) is 0 Å². The van der Waals surface area contributed by atoms with Gasteiger partial charge in [0.05, 0.1) is 25.0 Å². The Labute approximate surface area is 215 Å². The third kappa shape index (κ3) is 12.3. The van der Waals surface area contributed by atoms with Gasteiger partial charge in [-0.2, -0.15) is 5.10 Å². The minimum Gasteiger partial charge on any atom is -0.491 e. The maximum Gasteiger partial charge on any atom is 0.195 e. The monoisotopic (exact) mass is 573 g/mol. The van der Waals surface area contributed by atoms with E-state index in [-0.39, 0.29) is 30.1 Å². The maximum absolute atomic E-state index is 5.72. The van der Waals surface area contributed by atoms with E-state index in [1.54, 1.807) is 7.11 Å². The first kappa shape index (κ1) is 29.2. The van der Waals surface area contributed by atoms with Crippen LogP contribution in [0.15, 0.2) is 35.3 Å². The molecule has 0 spiro atoms. The van der Waals surface area contributed by atoms with E-state index in [0.717, 1.165) is 49.0 Å². The first-order valence-corrected chi connectivity index (χ1v) is 11.4. The predicted octanol–water partition coefficient (Wildman–Crippen LogP) is 4.41. The third-order valence-electron chi connectivity index (χ3n) is 4.58. The lowest BCUT2D eigenvalue weighted by molar-refractivity contribution is 0.0699. The Morgan fingerprint density at radius 1 is 1.09 bits per heavy atom. The quantitative estimate of drug-likeness (QED) is 0.151. The van der Waals surface area contributed by atoms with Crippen molar-refractivity contribution < 1.29 is 14.2 Å². The molecule has 186 valence electrons. The Kier molecular flexibility index (Phi) is 14.8. The number of guanidine groups is 1. The molecule has 2 aromatic rings. The third-order valence-corrected chi connectivity index (χ3v) is 4.58. The molecule has 0 saturated carbocycles. The molecule has 0 unspecified atom stereocenters. The van der Waals surface area contributed by atoms with Gasteiger partial charge in [0.25, 0.3) is 0 Å². The van der Waals surface area contributed by atoms with Crippen LogP contribution >= 0.6 is 24.0 Å². The van der Waals surface area contributed by atoms with Gasteiger partial charge in [-0.05, 0) is 70.9 Å². The highest BCUT2D eigenvalue weighted by Gasteiger charge is 2.04. The number of ether oxygens (including phenoxy) is 3. The summed E-state index contributed by atoms with van der Waals surface area (Å²) in [6, 6.07) is 10.0. The van der Waals surface area contributed by atoms with Crippen LogP contribution in [0.5, 0.6) is 5.75 Å². The zero-order chi connectivity index (χ0) is 23.2. The molecule has 0 bridgehead atoms. The summed E-state index contributed by atoms with van der Waals surface area (Å²) in [4.78, 5) is 4.75. The number of methoxy groups -OCH3 is 1. The maximum atomic E-state index is 5.72. The Balaban J connectivity index is 0.00000544. The van der Waals surface area contributed by atoms with Gasteiger partial charge >= 0.3 is 0 Å². The van der Waals surface area contributed by atoms with Gasteiger partial charge in [-0.1, -0.05) is 0 Å². The van der Waals surface area contributed by atoms with Crippen molar-refractivity contribution in [3.63, 3.8) is 0 Å². The van der Waals surface area contributed by atoms with Gasteiger partial charge in [-0.25, -0.2) is 0 Å². The molecule has 0 aliphatic heterocycles. The molecule has 33 heavy (non-hydrogen) atoms. The largest absolute Gasteiger partial charge is 0.491 e. The van der Waals surface area contributed by atoms with E-state index in [1.165, 1.54) is 5.69 Å². The molecule has 2 N–H and O–H groups in total. The number of anilines is 1. The SMILES string of the molecule is COCCOCCCNC(=NCCCn1nc(C)cc1C)Nc1ccc(OC(C)C)cc1.I. The number of rotatable bonds is 14. The Morgan fingerprint density at radius 3 is 2.48 bits per heavy atom. The van der Waals surface area contributed by atoms with Crippen LogP contribution in [0.2, 0.25) is 0 Å². The molecule has 1 aromatic carbocycles. The number of benzene rings is 1. The number of aromatic nitrogens is 2. The van der Waals surface area contributed by atoms with Crippen LogP contribution in [-0.2, 0) is 16.0 Å². The van der Waals surface area contributed by atoms with E-state index in [0.29, 0.717) is 26.4 Å². The van der Waals surface area contributed by atoms with Gasteiger partial charge in [-0.3, -0.25) is 9.67 Å². The smallest absolute Gasteiger partial charge is 0.195 e. The second-order valence-corrected chi connectivity index (χ2v) is 7.94. The van der Waals surface area contributed by atoms with Crippen LogP contribution in [0, 0.1) is 13.8 Å². The zero-order valence-corrected chi connectivity index (χ0v) is 22.9. The van der Waals surface area contributed by atoms with E-state index in [2.05, 4.69) is 28.7 Å². The lowest BCUT2D eigenvalue weighted by atomic mass is 10.3. The number of nitrogens with zero attached hydrogens (tertiary/aromatic N) is 3. The summed E-state index contributed by atoms with van der Waals surface area (Å²) < 4.78 is 18.3. The summed E-state index contributed by atoms with van der Waals surface area (Å²) in [5.74, 6) is 1.61. The van der Waals surface area contributed by atoms with Crippen molar-refractivity contribution in [2.24, 2.45) is 4.99 Å². The average molecular weight is 574 g/mol. The lowest BCUT2D eigenvalue weighted by Crippen LogP contribution is -2.32. The number of aryl methyl sites for hydroxylation is 3. The number of hydrogen-bond acceptors (Lipinski definition) is 5. The fourth-order valence-electron chi connectivity index (χ4n) is 3.10. The molecule has 0 aliphatic carbocycles. The van der Waals surface area contributed by atoms with Crippen molar-refractivity contribution in [2.45, 2.75) is 53.2 Å². The number of hydrogen-bond donors (Lipinski definition) is 2. The fraction of sp³-hybridized carbons (Fsp3) is 0.583. The molecule has 0 atom stereocenters. The van der Waals surface area contributed by atoms with Crippen LogP contribution < -0.4 is 15.4 Å². The van der Waals surface area contributed by atoms with Crippen molar-refractivity contribution in [2.75, 3.05) is 45.3 Å². The van der Waals surface area contributed by atoms with Gasteiger partial charge in [0.1, 0.15) is 5.75 Å². The van der Waals surface area contributed by atoms with Gasteiger partial charge < -0.3 is 24.8 Å². The Bertz CT molecular complexity index is 809. The van der Waals surface area contributed by atoms with Gasteiger partial charge in [0.2, 0.25) is 0 Å². The summed E-state index contributed by atoms with van der Waals surface area (Å²) in [6.07, 6.45) is 1.95. The first-order chi connectivity index (χ1) is 15.5. The summed E-state index contributed by atoms with van der Waals surface area (Å²) in [5, 5.41) is 11.3. The van der Waals surface area contributed by atoms with E-state index < -0.39 is 0 Å². The number of aliphatic imine (C=N–C) groups is 1. The molecule has 1 heterocycles. The van der Waals surface area contributed by atoms with Crippen LogP contribution in [0.4, 0.5) is 5.69 Å². The van der Waals surface area contributed by atoms with Gasteiger partial charge in [0.15, 0.2) is 5.96 Å². The summed E-state index contributed by atoms with van der Waals surface area (Å²) in [6.45, 7) is 12.4. The number of nitrogens with one attached hydrogen (secondary N) is 2. The fourth-order valence-corrected chi connectivity index (χ4v) is 3.10.